The third-order valence-electron chi connectivity index (χ3n) is 13.1. The number of fused-ring (bicyclic) bond motifs is 7. The van der Waals surface area contributed by atoms with E-state index in [0.717, 1.165) is 37.0 Å². The SMILES string of the molecule is CC1CCC2(C)CCC3(C)C4=CCC5C(C)(C)C(=O)CCC5(C)C4CCC3(C)C2C1C. The molecule has 0 radical (unpaired) electrons. The molecular formula is C30H48O. The van der Waals surface area contributed by atoms with Gasteiger partial charge in [0, 0.05) is 11.8 Å². The second-order valence-electron chi connectivity index (χ2n) is 14.4. The average Bonchev–Trinajstić information content (AvgIpc) is 2.70. The van der Waals surface area contributed by atoms with E-state index in [1.54, 1.807) is 0 Å². The molecule has 31 heavy (non-hydrogen) atoms. The van der Waals surface area contributed by atoms with E-state index in [2.05, 4.69) is 61.5 Å². The van der Waals surface area contributed by atoms with Crippen molar-refractivity contribution >= 4 is 5.78 Å². The van der Waals surface area contributed by atoms with E-state index in [-0.39, 0.29) is 5.41 Å². The predicted octanol–water partition coefficient (Wildman–Crippen LogP) is 8.23. The molecule has 1 heteroatoms. The number of hydrogen-bond acceptors (Lipinski definition) is 1. The highest BCUT2D eigenvalue weighted by atomic mass is 16.1. The van der Waals surface area contributed by atoms with Crippen molar-refractivity contribution in [3.63, 3.8) is 0 Å². The summed E-state index contributed by atoms with van der Waals surface area (Å²) in [7, 11) is 0. The van der Waals surface area contributed by atoms with Crippen LogP contribution in [0.2, 0.25) is 0 Å². The lowest BCUT2D eigenvalue weighted by atomic mass is 9.33. The molecule has 5 aliphatic rings. The lowest BCUT2D eigenvalue weighted by molar-refractivity contribution is -0.181. The van der Waals surface area contributed by atoms with Crippen LogP contribution in [-0.4, -0.2) is 5.78 Å². The van der Waals surface area contributed by atoms with Gasteiger partial charge in [0.1, 0.15) is 5.78 Å². The molecule has 0 amide bonds. The Balaban J connectivity index is 1.59. The lowest BCUT2D eigenvalue weighted by Crippen LogP contribution is -2.63. The van der Waals surface area contributed by atoms with Gasteiger partial charge in [-0.15, -0.1) is 0 Å². The Morgan fingerprint density at radius 3 is 2.29 bits per heavy atom. The van der Waals surface area contributed by atoms with Crippen LogP contribution in [0.25, 0.3) is 0 Å². The second-order valence-corrected chi connectivity index (χ2v) is 14.4. The molecule has 0 N–H and O–H groups in total. The summed E-state index contributed by atoms with van der Waals surface area (Å²) in [6.45, 7) is 20.2. The van der Waals surface area contributed by atoms with E-state index in [1.807, 2.05) is 5.57 Å². The largest absolute Gasteiger partial charge is 0.299 e. The summed E-state index contributed by atoms with van der Waals surface area (Å²) < 4.78 is 0. The zero-order valence-electron chi connectivity index (χ0n) is 21.7. The van der Waals surface area contributed by atoms with Gasteiger partial charge in [0.2, 0.25) is 0 Å². The molecule has 0 spiro atoms. The second kappa shape index (κ2) is 6.50. The Kier molecular flexibility index (Phi) is 4.66. The van der Waals surface area contributed by atoms with Crippen molar-refractivity contribution in [3.8, 4) is 0 Å². The molecule has 0 heterocycles. The highest BCUT2D eigenvalue weighted by molar-refractivity contribution is 5.85. The van der Waals surface area contributed by atoms with Crippen LogP contribution in [0.15, 0.2) is 11.6 Å². The molecule has 0 aromatic rings. The molecule has 4 fully saturated rings. The first-order chi connectivity index (χ1) is 14.3. The average molecular weight is 425 g/mol. The number of hydrogen-bond donors (Lipinski definition) is 0. The number of carbonyl (C=O) groups is 1. The Labute approximate surface area is 192 Å². The minimum absolute atomic E-state index is 0.158. The first-order valence-electron chi connectivity index (χ1n) is 13.6. The molecule has 4 saturated carbocycles. The van der Waals surface area contributed by atoms with Crippen LogP contribution < -0.4 is 0 Å². The topological polar surface area (TPSA) is 17.1 Å². The van der Waals surface area contributed by atoms with Gasteiger partial charge in [-0.1, -0.05) is 67.0 Å². The van der Waals surface area contributed by atoms with E-state index in [0.29, 0.717) is 39.3 Å². The van der Waals surface area contributed by atoms with Gasteiger partial charge in [0.05, 0.1) is 0 Å². The molecule has 9 unspecified atom stereocenters. The maximum absolute atomic E-state index is 12.9. The fourth-order valence-corrected chi connectivity index (χ4v) is 10.8. The van der Waals surface area contributed by atoms with Crippen molar-refractivity contribution in [2.75, 3.05) is 0 Å². The predicted molar refractivity (Wildman–Crippen MR) is 130 cm³/mol. The van der Waals surface area contributed by atoms with Gasteiger partial charge in [-0.05, 0) is 103 Å². The lowest BCUT2D eigenvalue weighted by Gasteiger charge is -2.71. The normalized spacial score (nSPS) is 55.9. The number of Topliss-reactive ketones (excluding diaryl/α,β-unsaturated/α-hetero) is 1. The Bertz CT molecular complexity index is 820. The van der Waals surface area contributed by atoms with Gasteiger partial charge in [0.15, 0.2) is 0 Å². The minimum atomic E-state index is -0.158. The maximum atomic E-state index is 12.9. The molecular weight excluding hydrogens is 376 g/mol. The first-order valence-corrected chi connectivity index (χ1v) is 13.6. The minimum Gasteiger partial charge on any atom is -0.299 e. The first kappa shape index (κ1) is 22.2. The summed E-state index contributed by atoms with van der Waals surface area (Å²) in [5.41, 5.74) is 3.27. The summed E-state index contributed by atoms with van der Waals surface area (Å²) in [5, 5.41) is 0. The molecule has 0 aromatic carbocycles. The number of rotatable bonds is 0. The van der Waals surface area contributed by atoms with Crippen LogP contribution in [-0.2, 0) is 4.79 Å². The molecule has 174 valence electrons. The Morgan fingerprint density at radius 1 is 0.871 bits per heavy atom. The van der Waals surface area contributed by atoms with Crippen molar-refractivity contribution in [1.29, 1.82) is 0 Å². The van der Waals surface area contributed by atoms with Crippen LogP contribution in [0.1, 0.15) is 113 Å². The van der Waals surface area contributed by atoms with Crippen molar-refractivity contribution in [1.82, 2.24) is 0 Å². The summed E-state index contributed by atoms with van der Waals surface area (Å²) >= 11 is 0. The van der Waals surface area contributed by atoms with Gasteiger partial charge in [-0.25, -0.2) is 0 Å². The highest BCUT2D eigenvalue weighted by Gasteiger charge is 2.67. The van der Waals surface area contributed by atoms with E-state index in [9.17, 15) is 4.79 Å². The maximum Gasteiger partial charge on any atom is 0.138 e. The van der Waals surface area contributed by atoms with Crippen molar-refractivity contribution in [3.05, 3.63) is 11.6 Å². The summed E-state index contributed by atoms with van der Waals surface area (Å²) in [5.74, 6) is 4.26. The van der Waals surface area contributed by atoms with Crippen LogP contribution in [0.5, 0.6) is 0 Å². The molecule has 0 saturated heterocycles. The van der Waals surface area contributed by atoms with Gasteiger partial charge < -0.3 is 0 Å². The van der Waals surface area contributed by atoms with Crippen molar-refractivity contribution < 1.29 is 4.79 Å². The number of carbonyl (C=O) groups excluding carboxylic acids is 1. The molecule has 0 aliphatic heterocycles. The quantitative estimate of drug-likeness (QED) is 0.358. The molecule has 5 aliphatic carbocycles. The fraction of sp³-hybridized carbons (Fsp3) is 0.900. The fourth-order valence-electron chi connectivity index (χ4n) is 10.8. The van der Waals surface area contributed by atoms with E-state index < -0.39 is 0 Å². The number of allylic oxidation sites excluding steroid dienone is 2. The monoisotopic (exact) mass is 424 g/mol. The van der Waals surface area contributed by atoms with Gasteiger partial charge in [0.25, 0.3) is 0 Å². The third-order valence-corrected chi connectivity index (χ3v) is 13.1. The molecule has 0 aromatic heterocycles. The molecule has 9 atom stereocenters. The van der Waals surface area contributed by atoms with Crippen LogP contribution in [0.3, 0.4) is 0 Å². The molecule has 0 bridgehead atoms. The van der Waals surface area contributed by atoms with Crippen LogP contribution in [0.4, 0.5) is 0 Å². The Morgan fingerprint density at radius 2 is 1.58 bits per heavy atom. The van der Waals surface area contributed by atoms with Gasteiger partial charge in [-0.3, -0.25) is 4.79 Å². The van der Waals surface area contributed by atoms with E-state index >= 15 is 0 Å². The summed E-state index contributed by atoms with van der Waals surface area (Å²) in [6, 6.07) is 0. The highest BCUT2D eigenvalue weighted by Crippen LogP contribution is 2.75. The van der Waals surface area contributed by atoms with E-state index in [1.165, 1.54) is 38.5 Å². The zero-order chi connectivity index (χ0) is 22.6. The zero-order valence-corrected chi connectivity index (χ0v) is 21.7. The van der Waals surface area contributed by atoms with Gasteiger partial charge in [-0.2, -0.15) is 0 Å². The number of ketones is 1. The Hall–Kier alpha value is -0.590. The van der Waals surface area contributed by atoms with E-state index in [4.69, 9.17) is 0 Å². The van der Waals surface area contributed by atoms with Crippen LogP contribution >= 0.6 is 0 Å². The van der Waals surface area contributed by atoms with Crippen molar-refractivity contribution in [2.24, 2.45) is 56.7 Å². The third kappa shape index (κ3) is 2.59. The summed E-state index contributed by atoms with van der Waals surface area (Å²) in [6.07, 6.45) is 14.1. The standard InChI is InChI=1S/C30H48O/c1-19-11-14-27(5)17-18-29(7)22-9-10-23-26(3,4)24(31)13-15-28(23,6)21(22)12-16-30(29,8)25(27)20(19)2/h9,19-21,23,25H,10-18H2,1-8H3. The van der Waals surface area contributed by atoms with Gasteiger partial charge >= 0.3 is 0 Å². The molecule has 1 nitrogen and oxygen atoms in total. The van der Waals surface area contributed by atoms with Crippen LogP contribution in [0, 0.1) is 56.7 Å². The summed E-state index contributed by atoms with van der Waals surface area (Å²) in [4.78, 5) is 12.9. The van der Waals surface area contributed by atoms with Crippen molar-refractivity contribution in [2.45, 2.75) is 113 Å². The molecule has 5 rings (SSSR count). The smallest absolute Gasteiger partial charge is 0.138 e.